The number of halogens is 1. The molecule has 3 nitrogen and oxygen atoms in total. The molecule has 21 heavy (non-hydrogen) atoms. The maximum absolute atomic E-state index is 12.5. The second kappa shape index (κ2) is 6.61. The van der Waals surface area contributed by atoms with Crippen molar-refractivity contribution in [2.24, 2.45) is 5.41 Å². The molecule has 1 aromatic carbocycles. The minimum Gasteiger partial charge on any atom is -0.481 e. The number of hydrogen-bond acceptors (Lipinski definition) is 2. The van der Waals surface area contributed by atoms with Gasteiger partial charge in [-0.1, -0.05) is 30.9 Å². The van der Waals surface area contributed by atoms with Crippen LogP contribution in [-0.4, -0.2) is 16.9 Å². The van der Waals surface area contributed by atoms with E-state index in [1.807, 2.05) is 6.92 Å². The molecule has 0 heterocycles. The van der Waals surface area contributed by atoms with E-state index in [4.69, 9.17) is 16.7 Å². The highest BCUT2D eigenvalue weighted by molar-refractivity contribution is 6.31. The molecule has 1 N–H and O–H groups in total. The molecular weight excluding hydrogens is 288 g/mol. The predicted molar refractivity (Wildman–Crippen MR) is 82.9 cm³/mol. The van der Waals surface area contributed by atoms with Gasteiger partial charge in [-0.15, -0.1) is 0 Å². The first-order valence-corrected chi connectivity index (χ1v) is 7.81. The van der Waals surface area contributed by atoms with E-state index in [0.29, 0.717) is 17.0 Å². The van der Waals surface area contributed by atoms with E-state index in [2.05, 4.69) is 0 Å². The van der Waals surface area contributed by atoms with E-state index in [1.165, 1.54) is 0 Å². The van der Waals surface area contributed by atoms with Crippen LogP contribution >= 0.6 is 11.6 Å². The van der Waals surface area contributed by atoms with Crippen LogP contribution in [0.15, 0.2) is 18.2 Å². The molecule has 1 aliphatic carbocycles. The molecule has 0 amide bonds. The zero-order chi connectivity index (χ0) is 15.5. The van der Waals surface area contributed by atoms with Crippen LogP contribution < -0.4 is 0 Å². The first-order chi connectivity index (χ1) is 9.92. The van der Waals surface area contributed by atoms with E-state index in [-0.39, 0.29) is 17.6 Å². The van der Waals surface area contributed by atoms with Crippen LogP contribution in [0.4, 0.5) is 0 Å². The second-order valence-electron chi connectivity index (χ2n) is 6.20. The molecule has 1 fully saturated rings. The fourth-order valence-electron chi connectivity index (χ4n) is 3.30. The lowest BCUT2D eigenvalue weighted by Gasteiger charge is -2.35. The Morgan fingerprint density at radius 1 is 1.19 bits per heavy atom. The van der Waals surface area contributed by atoms with Gasteiger partial charge in [0.15, 0.2) is 5.78 Å². The lowest BCUT2D eigenvalue weighted by Crippen LogP contribution is -2.30. The number of hydrogen-bond donors (Lipinski definition) is 1. The normalized spacial score (nSPS) is 17.4. The van der Waals surface area contributed by atoms with Gasteiger partial charge in [0, 0.05) is 17.0 Å². The lowest BCUT2D eigenvalue weighted by atomic mass is 9.68. The van der Waals surface area contributed by atoms with Crippen LogP contribution in [0.5, 0.6) is 0 Å². The number of rotatable bonds is 5. The maximum atomic E-state index is 12.5. The molecule has 2 rings (SSSR count). The van der Waals surface area contributed by atoms with Crippen LogP contribution in [0.1, 0.15) is 60.9 Å². The molecule has 0 bridgehead atoms. The fraction of sp³-hybridized carbons (Fsp3) is 0.529. The molecule has 1 saturated carbocycles. The van der Waals surface area contributed by atoms with Crippen molar-refractivity contribution in [3.05, 3.63) is 34.3 Å². The summed E-state index contributed by atoms with van der Waals surface area (Å²) in [6.07, 6.45) is 5.23. The topological polar surface area (TPSA) is 54.4 Å². The molecule has 0 spiro atoms. The summed E-state index contributed by atoms with van der Waals surface area (Å²) >= 11 is 5.98. The number of aryl methyl sites for hydroxylation is 1. The molecule has 0 saturated heterocycles. The van der Waals surface area contributed by atoms with Crippen LogP contribution in [-0.2, 0) is 4.79 Å². The molecule has 0 aromatic heterocycles. The highest BCUT2D eigenvalue weighted by Gasteiger charge is 2.36. The van der Waals surface area contributed by atoms with E-state index in [9.17, 15) is 9.59 Å². The van der Waals surface area contributed by atoms with Gasteiger partial charge >= 0.3 is 5.97 Å². The predicted octanol–water partition coefficient (Wildman–Crippen LogP) is 4.65. The van der Waals surface area contributed by atoms with Gasteiger partial charge < -0.3 is 5.11 Å². The first kappa shape index (κ1) is 16.0. The summed E-state index contributed by atoms with van der Waals surface area (Å²) in [4.78, 5) is 23.7. The summed E-state index contributed by atoms with van der Waals surface area (Å²) in [5.41, 5.74) is 1.14. The van der Waals surface area contributed by atoms with Crippen molar-refractivity contribution in [2.75, 3.05) is 0 Å². The zero-order valence-electron chi connectivity index (χ0n) is 12.3. The largest absolute Gasteiger partial charge is 0.481 e. The molecule has 1 aromatic rings. The van der Waals surface area contributed by atoms with Gasteiger partial charge in [0.05, 0.1) is 6.42 Å². The monoisotopic (exact) mass is 308 g/mol. The molecule has 4 heteroatoms. The fourth-order valence-corrected chi connectivity index (χ4v) is 3.42. The van der Waals surface area contributed by atoms with Crippen LogP contribution in [0, 0.1) is 12.3 Å². The Hall–Kier alpha value is -1.35. The Kier molecular flexibility index (Phi) is 5.04. The number of aliphatic carboxylic acids is 1. The summed E-state index contributed by atoms with van der Waals surface area (Å²) < 4.78 is 0. The number of carboxylic acid groups (broad SMARTS) is 1. The summed E-state index contributed by atoms with van der Waals surface area (Å²) in [6, 6.07) is 5.26. The van der Waals surface area contributed by atoms with Gasteiger partial charge in [0.1, 0.15) is 0 Å². The molecule has 0 aliphatic heterocycles. The van der Waals surface area contributed by atoms with Gasteiger partial charge in [-0.3, -0.25) is 9.59 Å². The smallest absolute Gasteiger partial charge is 0.303 e. The van der Waals surface area contributed by atoms with Gasteiger partial charge in [-0.05, 0) is 48.9 Å². The van der Waals surface area contributed by atoms with Gasteiger partial charge in [0.25, 0.3) is 0 Å². The van der Waals surface area contributed by atoms with Crippen molar-refractivity contribution in [3.63, 3.8) is 0 Å². The minimum atomic E-state index is -0.808. The molecule has 114 valence electrons. The standard InChI is InChI=1S/C17H21ClO3/c1-12-9-13(5-6-14(12)18)15(19)10-17(11-16(20)21)7-3-2-4-8-17/h5-6,9H,2-4,7-8,10-11H2,1H3,(H,20,21). The zero-order valence-corrected chi connectivity index (χ0v) is 13.1. The number of carboxylic acids is 1. The summed E-state index contributed by atoms with van der Waals surface area (Å²) in [6.45, 7) is 1.87. The minimum absolute atomic E-state index is 0.0258. The van der Waals surface area contributed by atoms with E-state index in [0.717, 1.165) is 37.7 Å². The highest BCUT2D eigenvalue weighted by Crippen LogP contribution is 2.43. The van der Waals surface area contributed by atoms with E-state index >= 15 is 0 Å². The van der Waals surface area contributed by atoms with E-state index < -0.39 is 5.97 Å². The number of benzene rings is 1. The van der Waals surface area contributed by atoms with Crippen molar-refractivity contribution < 1.29 is 14.7 Å². The molecule has 0 radical (unpaired) electrons. The quantitative estimate of drug-likeness (QED) is 0.806. The van der Waals surface area contributed by atoms with Gasteiger partial charge in [-0.2, -0.15) is 0 Å². The van der Waals surface area contributed by atoms with E-state index in [1.54, 1.807) is 18.2 Å². The average Bonchev–Trinajstić information content (AvgIpc) is 2.41. The number of carbonyl (C=O) groups is 2. The molecule has 1 aliphatic rings. The summed E-state index contributed by atoms with van der Waals surface area (Å²) in [5.74, 6) is -0.782. The highest BCUT2D eigenvalue weighted by atomic mass is 35.5. The first-order valence-electron chi connectivity index (χ1n) is 7.43. The van der Waals surface area contributed by atoms with Gasteiger partial charge in [-0.25, -0.2) is 0 Å². The second-order valence-corrected chi connectivity index (χ2v) is 6.60. The maximum Gasteiger partial charge on any atom is 0.303 e. The van der Waals surface area contributed by atoms with Crippen LogP contribution in [0.3, 0.4) is 0 Å². The summed E-state index contributed by atoms with van der Waals surface area (Å²) in [5, 5.41) is 9.81. The lowest BCUT2D eigenvalue weighted by molar-refractivity contribution is -0.140. The van der Waals surface area contributed by atoms with Gasteiger partial charge in [0.2, 0.25) is 0 Å². The number of Topliss-reactive ketones (excluding diaryl/α,β-unsaturated/α-hetero) is 1. The molecule has 0 atom stereocenters. The Balaban J connectivity index is 2.17. The Morgan fingerprint density at radius 3 is 2.43 bits per heavy atom. The molecule has 0 unspecified atom stereocenters. The van der Waals surface area contributed by atoms with Crippen molar-refractivity contribution in [3.8, 4) is 0 Å². The van der Waals surface area contributed by atoms with Crippen LogP contribution in [0.2, 0.25) is 5.02 Å². The molecular formula is C17H21ClO3. The number of ketones is 1. The summed E-state index contributed by atoms with van der Waals surface area (Å²) in [7, 11) is 0. The van der Waals surface area contributed by atoms with Crippen molar-refractivity contribution in [1.82, 2.24) is 0 Å². The van der Waals surface area contributed by atoms with Crippen molar-refractivity contribution in [2.45, 2.75) is 51.9 Å². The number of carbonyl (C=O) groups excluding carboxylic acids is 1. The third kappa shape index (κ3) is 4.07. The Morgan fingerprint density at radius 2 is 1.86 bits per heavy atom. The Labute approximate surface area is 130 Å². The third-order valence-corrected chi connectivity index (χ3v) is 4.88. The Bertz CT molecular complexity index is 545. The van der Waals surface area contributed by atoms with Crippen molar-refractivity contribution in [1.29, 1.82) is 0 Å². The SMILES string of the molecule is Cc1cc(C(=O)CC2(CC(=O)O)CCCCC2)ccc1Cl. The van der Waals surface area contributed by atoms with Crippen LogP contribution in [0.25, 0.3) is 0 Å². The average molecular weight is 309 g/mol. The van der Waals surface area contributed by atoms with Crippen molar-refractivity contribution >= 4 is 23.4 Å². The third-order valence-electron chi connectivity index (χ3n) is 4.46.